The van der Waals surface area contributed by atoms with Crippen LogP contribution in [0.4, 0.5) is 5.82 Å². The van der Waals surface area contributed by atoms with Gasteiger partial charge in [0.2, 0.25) is 0 Å². The van der Waals surface area contributed by atoms with Crippen LogP contribution in [0.15, 0.2) is 36.4 Å². The Morgan fingerprint density at radius 3 is 2.37 bits per heavy atom. The van der Waals surface area contributed by atoms with Crippen LogP contribution in [0.25, 0.3) is 22.0 Å². The van der Waals surface area contributed by atoms with Crippen LogP contribution < -0.4 is 9.64 Å². The number of benzene rings is 2. The van der Waals surface area contributed by atoms with E-state index in [9.17, 15) is 0 Å². The lowest BCUT2D eigenvalue weighted by molar-refractivity contribution is 0.415. The molecule has 0 bridgehead atoms. The maximum atomic E-state index is 5.31. The van der Waals surface area contributed by atoms with Crippen molar-refractivity contribution in [3.8, 4) is 16.9 Å². The molecule has 0 aliphatic carbocycles. The molecular formula is C23H29N3O. The maximum absolute atomic E-state index is 5.31. The second-order valence-electron chi connectivity index (χ2n) is 6.96. The van der Waals surface area contributed by atoms with Crippen LogP contribution in [-0.2, 0) is 0 Å². The third-order valence-electron chi connectivity index (χ3n) is 4.90. The predicted molar refractivity (Wildman–Crippen MR) is 114 cm³/mol. The van der Waals surface area contributed by atoms with Gasteiger partial charge in [0, 0.05) is 24.0 Å². The Balaban J connectivity index is 2.21. The van der Waals surface area contributed by atoms with E-state index in [2.05, 4.69) is 49.9 Å². The first kappa shape index (κ1) is 19.2. The highest BCUT2D eigenvalue weighted by Crippen LogP contribution is 2.34. The minimum absolute atomic E-state index is 0.811. The summed E-state index contributed by atoms with van der Waals surface area (Å²) < 4.78 is 5.31. The molecular weight excluding hydrogens is 334 g/mol. The van der Waals surface area contributed by atoms with Gasteiger partial charge in [-0.2, -0.15) is 0 Å². The summed E-state index contributed by atoms with van der Waals surface area (Å²) in [6, 6.07) is 12.6. The van der Waals surface area contributed by atoms with Crippen molar-refractivity contribution in [2.75, 3.05) is 25.1 Å². The molecule has 2 aromatic carbocycles. The topological polar surface area (TPSA) is 38.2 Å². The van der Waals surface area contributed by atoms with Crippen molar-refractivity contribution in [3.05, 3.63) is 47.8 Å². The van der Waals surface area contributed by atoms with Crippen LogP contribution in [0.5, 0.6) is 5.75 Å². The Bertz CT molecular complexity index is 919. The largest absolute Gasteiger partial charge is 0.497 e. The Labute approximate surface area is 162 Å². The van der Waals surface area contributed by atoms with E-state index in [1.807, 2.05) is 19.1 Å². The molecule has 142 valence electrons. The predicted octanol–water partition coefficient (Wildman–Crippen LogP) is 5.55. The van der Waals surface area contributed by atoms with E-state index in [0.717, 1.165) is 58.9 Å². The van der Waals surface area contributed by atoms with Crippen molar-refractivity contribution in [2.45, 2.75) is 40.5 Å². The van der Waals surface area contributed by atoms with Crippen molar-refractivity contribution < 1.29 is 4.74 Å². The number of methoxy groups -OCH3 is 1. The highest BCUT2D eigenvalue weighted by Gasteiger charge is 2.16. The molecule has 0 saturated carbocycles. The first-order valence-corrected chi connectivity index (χ1v) is 9.75. The van der Waals surface area contributed by atoms with Gasteiger partial charge in [0.15, 0.2) is 0 Å². The summed E-state index contributed by atoms with van der Waals surface area (Å²) in [5.41, 5.74) is 4.52. The van der Waals surface area contributed by atoms with E-state index in [1.54, 1.807) is 7.11 Å². The lowest BCUT2D eigenvalue weighted by Gasteiger charge is -2.24. The van der Waals surface area contributed by atoms with Gasteiger partial charge >= 0.3 is 0 Å². The Kier molecular flexibility index (Phi) is 5.94. The molecule has 3 aromatic rings. The fourth-order valence-corrected chi connectivity index (χ4v) is 3.46. The van der Waals surface area contributed by atoms with Crippen LogP contribution in [-0.4, -0.2) is 30.2 Å². The molecule has 4 nitrogen and oxygen atoms in total. The first-order chi connectivity index (χ1) is 13.1. The first-order valence-electron chi connectivity index (χ1n) is 9.75. The zero-order valence-corrected chi connectivity index (χ0v) is 17.0. The summed E-state index contributed by atoms with van der Waals surface area (Å²) in [7, 11) is 1.69. The lowest BCUT2D eigenvalue weighted by Crippen LogP contribution is -2.25. The highest BCUT2D eigenvalue weighted by atomic mass is 16.5. The third-order valence-corrected chi connectivity index (χ3v) is 4.90. The molecule has 0 spiro atoms. The second-order valence-corrected chi connectivity index (χ2v) is 6.96. The Hall–Kier alpha value is -2.62. The summed E-state index contributed by atoms with van der Waals surface area (Å²) in [6.45, 7) is 10.5. The number of fused-ring (bicyclic) bond motifs is 1. The van der Waals surface area contributed by atoms with E-state index in [4.69, 9.17) is 14.7 Å². The van der Waals surface area contributed by atoms with E-state index in [0.29, 0.717) is 0 Å². The molecule has 0 amide bonds. The Morgan fingerprint density at radius 2 is 1.74 bits per heavy atom. The smallest absolute Gasteiger partial charge is 0.140 e. The van der Waals surface area contributed by atoms with Crippen molar-refractivity contribution in [2.24, 2.45) is 0 Å². The van der Waals surface area contributed by atoms with Crippen LogP contribution in [0.1, 0.15) is 38.1 Å². The molecule has 27 heavy (non-hydrogen) atoms. The average molecular weight is 364 g/mol. The minimum Gasteiger partial charge on any atom is -0.497 e. The number of aromatic nitrogens is 2. The summed E-state index contributed by atoms with van der Waals surface area (Å²) in [5, 5.41) is 1.13. The van der Waals surface area contributed by atoms with Crippen molar-refractivity contribution in [1.82, 2.24) is 9.97 Å². The minimum atomic E-state index is 0.811. The summed E-state index contributed by atoms with van der Waals surface area (Å²) in [6.07, 6.45) is 2.34. The number of rotatable bonds is 7. The molecule has 0 saturated heterocycles. The molecule has 1 aromatic heterocycles. The number of ether oxygens (including phenoxy) is 1. The van der Waals surface area contributed by atoms with Crippen molar-refractivity contribution >= 4 is 16.7 Å². The zero-order valence-electron chi connectivity index (χ0n) is 17.0. The summed E-state index contributed by atoms with van der Waals surface area (Å²) >= 11 is 0. The average Bonchev–Trinajstić information content (AvgIpc) is 2.68. The molecule has 0 N–H and O–H groups in total. The fourth-order valence-electron chi connectivity index (χ4n) is 3.46. The second kappa shape index (κ2) is 8.38. The maximum Gasteiger partial charge on any atom is 0.140 e. The summed E-state index contributed by atoms with van der Waals surface area (Å²) in [4.78, 5) is 12.0. The number of hydrogen-bond acceptors (Lipinski definition) is 4. The van der Waals surface area contributed by atoms with Gasteiger partial charge in [-0.3, -0.25) is 0 Å². The molecule has 0 unspecified atom stereocenters. The molecule has 0 aliphatic rings. The van der Waals surface area contributed by atoms with E-state index in [-0.39, 0.29) is 0 Å². The molecule has 3 rings (SSSR count). The molecule has 0 atom stereocenters. The van der Waals surface area contributed by atoms with Gasteiger partial charge in [0.25, 0.3) is 0 Å². The van der Waals surface area contributed by atoms with E-state index >= 15 is 0 Å². The quantitative estimate of drug-likeness (QED) is 0.552. The molecule has 4 heteroatoms. The standard InChI is InChI=1S/C23H29N3O/c1-6-8-13-26(7-2)23-21-15-16(3)14-20(22(21)24-17(4)25-23)18-9-11-19(27-5)12-10-18/h9-12,14-15H,6-8,13H2,1-5H3. The van der Waals surface area contributed by atoms with Crippen LogP contribution in [0, 0.1) is 13.8 Å². The molecule has 0 aliphatic heterocycles. The van der Waals surface area contributed by atoms with Crippen LogP contribution in [0.3, 0.4) is 0 Å². The zero-order chi connectivity index (χ0) is 19.4. The number of anilines is 1. The third kappa shape index (κ3) is 4.05. The number of nitrogens with zero attached hydrogens (tertiary/aromatic N) is 3. The van der Waals surface area contributed by atoms with Crippen molar-refractivity contribution in [1.29, 1.82) is 0 Å². The normalized spacial score (nSPS) is 11.0. The molecule has 0 fully saturated rings. The summed E-state index contributed by atoms with van der Waals surface area (Å²) in [5.74, 6) is 2.72. The Morgan fingerprint density at radius 1 is 1.00 bits per heavy atom. The SMILES string of the molecule is CCCCN(CC)c1nc(C)nc2c(-c3ccc(OC)cc3)cc(C)cc12. The highest BCUT2D eigenvalue weighted by molar-refractivity contribution is 6.00. The monoisotopic (exact) mass is 363 g/mol. The molecule has 1 heterocycles. The van der Waals surface area contributed by atoms with E-state index in [1.165, 1.54) is 12.0 Å². The van der Waals surface area contributed by atoms with Gasteiger partial charge in [-0.25, -0.2) is 9.97 Å². The van der Waals surface area contributed by atoms with Gasteiger partial charge in [0.1, 0.15) is 17.4 Å². The van der Waals surface area contributed by atoms with Gasteiger partial charge in [0.05, 0.1) is 12.6 Å². The van der Waals surface area contributed by atoms with E-state index < -0.39 is 0 Å². The van der Waals surface area contributed by atoms with Gasteiger partial charge in [-0.15, -0.1) is 0 Å². The van der Waals surface area contributed by atoms with Gasteiger partial charge in [-0.05, 0) is 62.6 Å². The number of hydrogen-bond donors (Lipinski definition) is 0. The number of unbranched alkanes of at least 4 members (excludes halogenated alkanes) is 1. The van der Waals surface area contributed by atoms with Crippen LogP contribution >= 0.6 is 0 Å². The fraction of sp³-hybridized carbons (Fsp3) is 0.391. The van der Waals surface area contributed by atoms with Crippen LogP contribution in [0.2, 0.25) is 0 Å². The van der Waals surface area contributed by atoms with Gasteiger partial charge in [-0.1, -0.05) is 25.5 Å². The molecule has 0 radical (unpaired) electrons. The lowest BCUT2D eigenvalue weighted by atomic mass is 9.99. The van der Waals surface area contributed by atoms with Gasteiger partial charge < -0.3 is 9.64 Å². The number of aryl methyl sites for hydroxylation is 2. The van der Waals surface area contributed by atoms with Crippen molar-refractivity contribution in [3.63, 3.8) is 0 Å².